The molecule has 0 saturated carbocycles. The minimum atomic E-state index is 0.895. The van der Waals surface area contributed by atoms with Gasteiger partial charge in [0, 0.05) is 32.8 Å². The van der Waals surface area contributed by atoms with Gasteiger partial charge in [-0.1, -0.05) is 146 Å². The third-order valence-corrected chi connectivity index (χ3v) is 11.2. The lowest BCUT2D eigenvalue weighted by atomic mass is 9.90. The second-order valence-electron chi connectivity index (χ2n) is 14.5. The minimum Gasteiger partial charge on any atom is -0.455 e. The highest BCUT2D eigenvalue weighted by Crippen LogP contribution is 2.42. The molecule has 0 amide bonds. The fourth-order valence-corrected chi connectivity index (χ4v) is 8.47. The summed E-state index contributed by atoms with van der Waals surface area (Å²) in [4.78, 5) is 0. The monoisotopic (exact) mass is 713 g/mol. The van der Waals surface area contributed by atoms with Gasteiger partial charge in [-0.15, -0.1) is 0 Å². The highest BCUT2D eigenvalue weighted by atomic mass is 16.3. The molecule has 56 heavy (non-hydrogen) atoms. The molecule has 0 unspecified atom stereocenters. The molecule has 0 atom stereocenters. The fourth-order valence-electron chi connectivity index (χ4n) is 8.47. The van der Waals surface area contributed by atoms with Crippen LogP contribution in [-0.2, 0) is 0 Å². The van der Waals surface area contributed by atoms with Crippen LogP contribution in [-0.4, -0.2) is 4.57 Å². The van der Waals surface area contributed by atoms with E-state index in [2.05, 4.69) is 211 Å². The minimum absolute atomic E-state index is 0.895. The molecular formula is C54H35NO. The van der Waals surface area contributed by atoms with Crippen LogP contribution >= 0.6 is 0 Å². The van der Waals surface area contributed by atoms with Crippen LogP contribution in [0.4, 0.5) is 0 Å². The lowest BCUT2D eigenvalue weighted by Gasteiger charge is -2.14. The largest absolute Gasteiger partial charge is 0.455 e. The van der Waals surface area contributed by atoms with Crippen LogP contribution in [0, 0.1) is 0 Å². The van der Waals surface area contributed by atoms with E-state index in [-0.39, 0.29) is 0 Å². The highest BCUT2D eigenvalue weighted by molar-refractivity contribution is 6.12. The first-order valence-corrected chi connectivity index (χ1v) is 19.2. The molecule has 2 aromatic heterocycles. The fraction of sp³-hybridized carbons (Fsp3) is 0. The third kappa shape index (κ3) is 5.42. The number of fused-ring (bicyclic) bond motifs is 6. The zero-order valence-corrected chi connectivity index (χ0v) is 30.6. The lowest BCUT2D eigenvalue weighted by molar-refractivity contribution is 0.670. The van der Waals surface area contributed by atoms with Gasteiger partial charge in [-0.2, -0.15) is 0 Å². The van der Waals surface area contributed by atoms with Crippen molar-refractivity contribution in [3.8, 4) is 61.3 Å². The predicted molar refractivity (Wildman–Crippen MR) is 235 cm³/mol. The van der Waals surface area contributed by atoms with Gasteiger partial charge >= 0.3 is 0 Å². The molecule has 0 radical (unpaired) electrons. The van der Waals surface area contributed by atoms with Gasteiger partial charge in [0.25, 0.3) is 0 Å². The number of hydrogen-bond donors (Lipinski definition) is 0. The second-order valence-corrected chi connectivity index (χ2v) is 14.5. The maximum Gasteiger partial charge on any atom is 0.143 e. The molecule has 2 heterocycles. The van der Waals surface area contributed by atoms with Gasteiger partial charge in [0.05, 0.1) is 11.0 Å². The zero-order chi connectivity index (χ0) is 37.0. The average Bonchev–Trinajstić information content (AvgIpc) is 3.82. The van der Waals surface area contributed by atoms with Crippen molar-refractivity contribution in [2.45, 2.75) is 0 Å². The topological polar surface area (TPSA) is 18.1 Å². The molecule has 2 heteroatoms. The van der Waals surface area contributed by atoms with Crippen molar-refractivity contribution < 1.29 is 4.42 Å². The van der Waals surface area contributed by atoms with E-state index in [1.54, 1.807) is 0 Å². The number of rotatable bonds is 6. The summed E-state index contributed by atoms with van der Waals surface area (Å²) in [6, 6.07) is 76.6. The van der Waals surface area contributed by atoms with Crippen molar-refractivity contribution in [1.29, 1.82) is 0 Å². The SMILES string of the molecule is c1ccc(-c2cccc(-c3cc(-c4cc(-c5ccccc5)c5oc6ccccc6c5c4)cc(-c4ccc5c6ccccc6n(-c6ccccc6)c5c4)c3)c2)cc1. The summed E-state index contributed by atoms with van der Waals surface area (Å²) in [6.45, 7) is 0. The van der Waals surface area contributed by atoms with E-state index in [0.29, 0.717) is 0 Å². The summed E-state index contributed by atoms with van der Waals surface area (Å²) in [5.74, 6) is 0. The van der Waals surface area contributed by atoms with E-state index in [1.165, 1.54) is 38.5 Å². The van der Waals surface area contributed by atoms with Crippen LogP contribution in [0.1, 0.15) is 0 Å². The van der Waals surface area contributed by atoms with Crippen LogP contribution < -0.4 is 0 Å². The number of para-hydroxylation sites is 3. The summed E-state index contributed by atoms with van der Waals surface area (Å²) in [5.41, 5.74) is 16.9. The summed E-state index contributed by atoms with van der Waals surface area (Å²) < 4.78 is 8.98. The summed E-state index contributed by atoms with van der Waals surface area (Å²) in [6.07, 6.45) is 0. The van der Waals surface area contributed by atoms with E-state index in [9.17, 15) is 0 Å². The van der Waals surface area contributed by atoms with Gasteiger partial charge in [-0.3, -0.25) is 0 Å². The first kappa shape index (κ1) is 32.0. The van der Waals surface area contributed by atoms with Crippen molar-refractivity contribution >= 4 is 43.7 Å². The van der Waals surface area contributed by atoms with Crippen LogP contribution in [0.3, 0.4) is 0 Å². The maximum absolute atomic E-state index is 6.58. The molecule has 0 aliphatic rings. The summed E-state index contributed by atoms with van der Waals surface area (Å²) in [7, 11) is 0. The van der Waals surface area contributed by atoms with Gasteiger partial charge in [0.15, 0.2) is 0 Å². The molecule has 9 aromatic carbocycles. The molecule has 2 nitrogen and oxygen atoms in total. The second kappa shape index (κ2) is 13.2. The van der Waals surface area contributed by atoms with Crippen molar-refractivity contribution in [3.05, 3.63) is 212 Å². The number of aromatic nitrogens is 1. The van der Waals surface area contributed by atoms with E-state index < -0.39 is 0 Å². The molecule has 0 fully saturated rings. The smallest absolute Gasteiger partial charge is 0.143 e. The van der Waals surface area contributed by atoms with E-state index in [4.69, 9.17) is 4.42 Å². The Bertz CT molecular complexity index is 3230. The molecule has 0 aliphatic carbocycles. The Labute approximate surface area is 325 Å². The first-order valence-electron chi connectivity index (χ1n) is 19.2. The standard InChI is InChI=1S/C54H35NO/c1-4-15-36(16-5-1)38-19-14-20-39(29-38)41-30-42(40-27-28-47-46-23-10-12-25-51(46)55(52(47)35-40)45-21-8-3-9-22-45)32-43(31-41)44-33-49(37-17-6-2-7-18-37)54-50(34-44)48-24-11-13-26-53(48)56-54/h1-35H. The van der Waals surface area contributed by atoms with E-state index >= 15 is 0 Å². The quantitative estimate of drug-likeness (QED) is 0.168. The van der Waals surface area contributed by atoms with Crippen molar-refractivity contribution in [2.24, 2.45) is 0 Å². The molecule has 0 bridgehead atoms. The Hall–Kier alpha value is -7.42. The molecule has 262 valence electrons. The van der Waals surface area contributed by atoms with Crippen LogP contribution in [0.5, 0.6) is 0 Å². The number of benzene rings is 9. The van der Waals surface area contributed by atoms with Gasteiger partial charge in [0.2, 0.25) is 0 Å². The van der Waals surface area contributed by atoms with Gasteiger partial charge < -0.3 is 8.98 Å². The first-order chi connectivity index (χ1) is 27.7. The maximum atomic E-state index is 6.58. The molecule has 11 aromatic rings. The zero-order valence-electron chi connectivity index (χ0n) is 30.6. The summed E-state index contributed by atoms with van der Waals surface area (Å²) in [5, 5.41) is 4.72. The van der Waals surface area contributed by atoms with Gasteiger partial charge in [-0.25, -0.2) is 0 Å². The average molecular weight is 714 g/mol. The Balaban J connectivity index is 1.17. The molecular weight excluding hydrogens is 679 g/mol. The molecule has 0 saturated heterocycles. The van der Waals surface area contributed by atoms with Crippen LogP contribution in [0.15, 0.2) is 217 Å². The molecule has 0 aliphatic heterocycles. The summed E-state index contributed by atoms with van der Waals surface area (Å²) >= 11 is 0. The van der Waals surface area contributed by atoms with Crippen molar-refractivity contribution in [2.75, 3.05) is 0 Å². The third-order valence-electron chi connectivity index (χ3n) is 11.2. The van der Waals surface area contributed by atoms with Crippen LogP contribution in [0.25, 0.3) is 105 Å². The number of furan rings is 1. The number of hydrogen-bond acceptors (Lipinski definition) is 1. The van der Waals surface area contributed by atoms with Crippen LogP contribution in [0.2, 0.25) is 0 Å². The van der Waals surface area contributed by atoms with Crippen molar-refractivity contribution in [3.63, 3.8) is 0 Å². The normalized spacial score (nSPS) is 11.6. The molecule has 11 rings (SSSR count). The molecule has 0 spiro atoms. The Morgan fingerprint density at radius 1 is 0.286 bits per heavy atom. The van der Waals surface area contributed by atoms with Gasteiger partial charge in [-0.05, 0) is 117 Å². The highest BCUT2D eigenvalue weighted by Gasteiger charge is 2.18. The Kier molecular flexibility index (Phi) is 7.53. The van der Waals surface area contributed by atoms with E-state index in [1.807, 2.05) is 6.07 Å². The number of nitrogens with zero attached hydrogens (tertiary/aromatic N) is 1. The Morgan fingerprint density at radius 3 is 1.55 bits per heavy atom. The predicted octanol–water partition coefficient (Wildman–Crippen LogP) is 15.0. The van der Waals surface area contributed by atoms with E-state index in [0.717, 1.165) is 66.6 Å². The lowest BCUT2D eigenvalue weighted by Crippen LogP contribution is -1.93. The van der Waals surface area contributed by atoms with Crippen molar-refractivity contribution in [1.82, 2.24) is 4.57 Å². The molecule has 0 N–H and O–H groups in total. The Morgan fingerprint density at radius 2 is 0.804 bits per heavy atom. The van der Waals surface area contributed by atoms with Gasteiger partial charge in [0.1, 0.15) is 11.2 Å².